The lowest BCUT2D eigenvalue weighted by atomic mass is 10.3. The average Bonchev–Trinajstić information content (AvgIpc) is 2.75. The second-order valence-corrected chi connectivity index (χ2v) is 6.05. The molecule has 17 heavy (non-hydrogen) atoms. The smallest absolute Gasteiger partial charge is 0.0935 e. The van der Waals surface area contributed by atoms with Crippen LogP contribution in [0.25, 0.3) is 0 Å². The first-order chi connectivity index (χ1) is 8.15. The highest BCUT2D eigenvalue weighted by Gasteiger charge is 2.01. The molecule has 0 aliphatic rings. The molecule has 1 aromatic carbocycles. The summed E-state index contributed by atoms with van der Waals surface area (Å²) >= 11 is 10.8. The van der Waals surface area contributed by atoms with Gasteiger partial charge in [-0.05, 0) is 43.3 Å². The molecule has 2 nitrogen and oxygen atoms in total. The number of hydrazone groups is 1. The third-order valence-corrected chi connectivity index (χ3v) is 4.00. The number of hydrogen-bond donors (Lipinski definition) is 1. The zero-order valence-corrected chi connectivity index (χ0v) is 12.2. The lowest BCUT2D eigenvalue weighted by molar-refractivity contribution is 1.32. The van der Waals surface area contributed by atoms with Crippen LogP contribution in [0.15, 0.2) is 46.0 Å². The van der Waals surface area contributed by atoms with Crippen molar-refractivity contribution in [1.29, 1.82) is 0 Å². The highest BCUT2D eigenvalue weighted by atomic mass is 79.9. The third kappa shape index (κ3) is 3.56. The van der Waals surface area contributed by atoms with Gasteiger partial charge in [0.15, 0.2) is 0 Å². The van der Waals surface area contributed by atoms with E-state index >= 15 is 0 Å². The summed E-state index contributed by atoms with van der Waals surface area (Å²) in [7, 11) is 0. The van der Waals surface area contributed by atoms with E-state index in [0.29, 0.717) is 0 Å². The Balaban J connectivity index is 2.08. The zero-order chi connectivity index (χ0) is 12.3. The number of halogens is 2. The maximum atomic E-state index is 5.88. The van der Waals surface area contributed by atoms with Gasteiger partial charge in [0.1, 0.15) is 0 Å². The van der Waals surface area contributed by atoms with Gasteiger partial charge in [-0.3, -0.25) is 5.43 Å². The fraction of sp³-hybridized carbons (Fsp3) is 0.0833. The number of hydrogen-bond acceptors (Lipinski definition) is 3. The van der Waals surface area contributed by atoms with E-state index in [-0.39, 0.29) is 0 Å². The maximum Gasteiger partial charge on any atom is 0.0935 e. The van der Waals surface area contributed by atoms with Gasteiger partial charge in [0.05, 0.1) is 20.6 Å². The van der Waals surface area contributed by atoms with Crippen LogP contribution in [-0.4, -0.2) is 5.71 Å². The van der Waals surface area contributed by atoms with E-state index in [1.165, 1.54) is 11.3 Å². The van der Waals surface area contributed by atoms with Crippen LogP contribution in [0.4, 0.5) is 5.69 Å². The SMILES string of the molecule is C/C(=N\Nc1ccc(Br)cc1)c1ccc(Cl)s1. The van der Waals surface area contributed by atoms with Gasteiger partial charge in [0.25, 0.3) is 0 Å². The van der Waals surface area contributed by atoms with Crippen molar-refractivity contribution >= 4 is 50.3 Å². The molecular weight excluding hydrogens is 320 g/mol. The molecule has 0 amide bonds. The van der Waals surface area contributed by atoms with Crippen molar-refractivity contribution in [2.24, 2.45) is 5.10 Å². The summed E-state index contributed by atoms with van der Waals surface area (Å²) < 4.78 is 1.83. The number of nitrogens with one attached hydrogen (secondary N) is 1. The van der Waals surface area contributed by atoms with Gasteiger partial charge in [0.2, 0.25) is 0 Å². The zero-order valence-electron chi connectivity index (χ0n) is 9.08. The van der Waals surface area contributed by atoms with E-state index < -0.39 is 0 Å². The van der Waals surface area contributed by atoms with Crippen molar-refractivity contribution in [3.63, 3.8) is 0 Å². The van der Waals surface area contributed by atoms with E-state index in [4.69, 9.17) is 11.6 Å². The average molecular weight is 330 g/mol. The Bertz CT molecular complexity index is 534. The minimum atomic E-state index is 0.776. The minimum absolute atomic E-state index is 0.776. The Morgan fingerprint density at radius 2 is 1.94 bits per heavy atom. The molecular formula is C12H10BrClN2S. The largest absolute Gasteiger partial charge is 0.278 e. The van der Waals surface area contributed by atoms with E-state index in [0.717, 1.165) is 25.1 Å². The molecule has 1 heterocycles. The van der Waals surface area contributed by atoms with Gasteiger partial charge >= 0.3 is 0 Å². The van der Waals surface area contributed by atoms with Gasteiger partial charge < -0.3 is 0 Å². The molecule has 0 radical (unpaired) electrons. The van der Waals surface area contributed by atoms with Gasteiger partial charge in [-0.25, -0.2) is 0 Å². The van der Waals surface area contributed by atoms with Crippen molar-refractivity contribution in [2.45, 2.75) is 6.92 Å². The van der Waals surface area contributed by atoms with Gasteiger partial charge in [0, 0.05) is 4.47 Å². The van der Waals surface area contributed by atoms with Crippen molar-refractivity contribution in [2.75, 3.05) is 5.43 Å². The quantitative estimate of drug-likeness (QED) is 0.622. The number of thiophene rings is 1. The lowest BCUT2D eigenvalue weighted by Crippen LogP contribution is -1.96. The van der Waals surface area contributed by atoms with E-state index in [2.05, 4.69) is 26.5 Å². The van der Waals surface area contributed by atoms with Gasteiger partial charge in [-0.2, -0.15) is 5.10 Å². The fourth-order valence-corrected chi connectivity index (χ4v) is 2.49. The number of benzene rings is 1. The summed E-state index contributed by atoms with van der Waals surface area (Å²) in [5.41, 5.74) is 4.89. The molecule has 0 saturated heterocycles. The second-order valence-electron chi connectivity index (χ2n) is 3.42. The molecule has 5 heteroatoms. The number of nitrogens with zero attached hydrogens (tertiary/aromatic N) is 1. The van der Waals surface area contributed by atoms with Crippen LogP contribution in [0, 0.1) is 0 Å². The molecule has 0 spiro atoms. The van der Waals surface area contributed by atoms with Crippen LogP contribution >= 0.6 is 38.9 Å². The molecule has 1 aromatic heterocycles. The summed E-state index contributed by atoms with van der Waals surface area (Å²) in [6.45, 7) is 1.95. The highest BCUT2D eigenvalue weighted by molar-refractivity contribution is 9.10. The molecule has 2 rings (SSSR count). The Hall–Kier alpha value is -0.840. The number of anilines is 1. The predicted octanol–water partition coefficient (Wildman–Crippen LogP) is 5.00. The van der Waals surface area contributed by atoms with Crippen LogP contribution in [0.5, 0.6) is 0 Å². The molecule has 0 fully saturated rings. The normalized spacial score (nSPS) is 11.6. The molecule has 0 atom stereocenters. The van der Waals surface area contributed by atoms with Gasteiger partial charge in [-0.15, -0.1) is 11.3 Å². The molecule has 88 valence electrons. The maximum absolute atomic E-state index is 5.88. The lowest BCUT2D eigenvalue weighted by Gasteiger charge is -2.01. The first kappa shape index (κ1) is 12.6. The van der Waals surface area contributed by atoms with Crippen LogP contribution in [0.2, 0.25) is 4.34 Å². The van der Waals surface area contributed by atoms with E-state index in [1.54, 1.807) is 0 Å². The summed E-state index contributed by atoms with van der Waals surface area (Å²) in [5, 5.41) is 4.31. The molecule has 0 aliphatic carbocycles. The van der Waals surface area contributed by atoms with E-state index in [1.807, 2.05) is 43.3 Å². The standard InChI is InChI=1S/C12H10BrClN2S/c1-8(11-6-7-12(14)17-11)15-16-10-4-2-9(13)3-5-10/h2-7,16H,1H3/b15-8+. The molecule has 2 aromatic rings. The van der Waals surface area contributed by atoms with Crippen molar-refractivity contribution in [3.8, 4) is 0 Å². The van der Waals surface area contributed by atoms with Gasteiger partial charge in [-0.1, -0.05) is 27.5 Å². The molecule has 0 saturated carbocycles. The minimum Gasteiger partial charge on any atom is -0.278 e. The van der Waals surface area contributed by atoms with Crippen LogP contribution in [0.3, 0.4) is 0 Å². The Morgan fingerprint density at radius 3 is 2.53 bits per heavy atom. The first-order valence-electron chi connectivity index (χ1n) is 4.97. The molecule has 1 N–H and O–H groups in total. The topological polar surface area (TPSA) is 24.4 Å². The Morgan fingerprint density at radius 1 is 1.24 bits per heavy atom. The third-order valence-electron chi connectivity index (χ3n) is 2.13. The van der Waals surface area contributed by atoms with Crippen molar-refractivity contribution < 1.29 is 0 Å². The second kappa shape index (κ2) is 5.67. The monoisotopic (exact) mass is 328 g/mol. The van der Waals surface area contributed by atoms with E-state index in [9.17, 15) is 0 Å². The molecule has 0 unspecified atom stereocenters. The predicted molar refractivity (Wildman–Crippen MR) is 79.3 cm³/mol. The fourth-order valence-electron chi connectivity index (χ4n) is 1.24. The Kier molecular flexibility index (Phi) is 4.20. The number of rotatable bonds is 3. The summed E-state index contributed by atoms with van der Waals surface area (Å²) in [5.74, 6) is 0. The van der Waals surface area contributed by atoms with Crippen LogP contribution < -0.4 is 5.43 Å². The Labute approximate surface area is 117 Å². The summed E-state index contributed by atoms with van der Waals surface area (Å²) in [6.07, 6.45) is 0. The molecule has 0 aliphatic heterocycles. The molecule has 0 bridgehead atoms. The highest BCUT2D eigenvalue weighted by Crippen LogP contribution is 2.22. The van der Waals surface area contributed by atoms with Crippen molar-refractivity contribution in [3.05, 3.63) is 50.1 Å². The van der Waals surface area contributed by atoms with Crippen LogP contribution in [-0.2, 0) is 0 Å². The van der Waals surface area contributed by atoms with Crippen LogP contribution in [0.1, 0.15) is 11.8 Å². The summed E-state index contributed by atoms with van der Waals surface area (Å²) in [4.78, 5) is 1.07. The first-order valence-corrected chi connectivity index (χ1v) is 6.95. The van der Waals surface area contributed by atoms with Crippen molar-refractivity contribution in [1.82, 2.24) is 0 Å². The summed E-state index contributed by atoms with van der Waals surface area (Å²) in [6, 6.07) is 11.7.